The van der Waals surface area contributed by atoms with Crippen molar-refractivity contribution in [2.45, 2.75) is 64.0 Å². The van der Waals surface area contributed by atoms with Crippen LogP contribution in [-0.2, 0) is 0 Å². The monoisotopic (exact) mass is 275 g/mol. The fraction of sp³-hybridized carbons (Fsp3) is 0.667. The van der Waals surface area contributed by atoms with Gasteiger partial charge in [-0.1, -0.05) is 43.9 Å². The molecule has 2 fully saturated rings. The second-order valence-electron chi connectivity index (χ2n) is 6.72. The molecule has 0 amide bonds. The third kappa shape index (κ3) is 3.06. The maximum atomic E-state index is 13.8. The van der Waals surface area contributed by atoms with Crippen molar-refractivity contribution in [3.63, 3.8) is 0 Å². The van der Waals surface area contributed by atoms with Crippen molar-refractivity contribution < 1.29 is 4.39 Å². The summed E-state index contributed by atoms with van der Waals surface area (Å²) in [7, 11) is 0. The van der Waals surface area contributed by atoms with E-state index in [-0.39, 0.29) is 11.9 Å². The molecule has 3 rings (SSSR count). The van der Waals surface area contributed by atoms with E-state index < -0.39 is 0 Å². The molecule has 2 aliphatic rings. The molecule has 20 heavy (non-hydrogen) atoms. The first-order chi connectivity index (χ1) is 9.74. The van der Waals surface area contributed by atoms with E-state index in [9.17, 15) is 4.39 Å². The second-order valence-corrected chi connectivity index (χ2v) is 6.72. The summed E-state index contributed by atoms with van der Waals surface area (Å²) < 4.78 is 13.8. The molecule has 0 aliphatic heterocycles. The number of fused-ring (bicyclic) bond motifs is 1. The van der Waals surface area contributed by atoms with E-state index >= 15 is 0 Å². The quantitative estimate of drug-likeness (QED) is 0.832. The Morgan fingerprint density at radius 2 is 1.80 bits per heavy atom. The van der Waals surface area contributed by atoms with Gasteiger partial charge in [0.1, 0.15) is 5.82 Å². The van der Waals surface area contributed by atoms with Gasteiger partial charge in [0.25, 0.3) is 0 Å². The molecular weight excluding hydrogens is 249 g/mol. The Morgan fingerprint density at radius 1 is 1.05 bits per heavy atom. The van der Waals surface area contributed by atoms with Gasteiger partial charge >= 0.3 is 0 Å². The molecule has 4 atom stereocenters. The van der Waals surface area contributed by atoms with Gasteiger partial charge in [-0.2, -0.15) is 0 Å². The highest BCUT2D eigenvalue weighted by Gasteiger charge is 2.32. The highest BCUT2D eigenvalue weighted by molar-refractivity contribution is 5.20. The smallest absolute Gasteiger partial charge is 0.127 e. The van der Waals surface area contributed by atoms with Crippen LogP contribution >= 0.6 is 0 Å². The van der Waals surface area contributed by atoms with Crippen molar-refractivity contribution in [1.29, 1.82) is 0 Å². The molecule has 1 nitrogen and oxygen atoms in total. The standard InChI is InChI=1S/C18H26FN/c1-13(17-8-4-5-9-18(17)19)20-16-11-10-14-6-2-3-7-15(14)12-16/h4-5,8-9,13-16,20H,2-3,6-7,10-12H2,1H3/t13-,14?,15?,16?/m1/s1. The molecule has 1 N–H and O–H groups in total. The van der Waals surface area contributed by atoms with Gasteiger partial charge in [-0.25, -0.2) is 4.39 Å². The number of benzene rings is 1. The van der Waals surface area contributed by atoms with Gasteiger partial charge in [0.2, 0.25) is 0 Å². The van der Waals surface area contributed by atoms with Gasteiger partial charge in [0.15, 0.2) is 0 Å². The van der Waals surface area contributed by atoms with Crippen molar-refractivity contribution in [1.82, 2.24) is 5.32 Å². The Balaban J connectivity index is 1.59. The van der Waals surface area contributed by atoms with Crippen LogP contribution < -0.4 is 5.32 Å². The Hall–Kier alpha value is -0.890. The van der Waals surface area contributed by atoms with Crippen LogP contribution in [0.1, 0.15) is 63.5 Å². The molecule has 2 aliphatic carbocycles. The first kappa shape index (κ1) is 14.1. The van der Waals surface area contributed by atoms with Crippen molar-refractivity contribution in [2.24, 2.45) is 11.8 Å². The molecule has 110 valence electrons. The summed E-state index contributed by atoms with van der Waals surface area (Å²) in [6.45, 7) is 2.09. The SMILES string of the molecule is C[C@@H](NC1CCC2CCCCC2C1)c1ccccc1F. The van der Waals surface area contributed by atoms with Crippen LogP contribution in [0.2, 0.25) is 0 Å². The summed E-state index contributed by atoms with van der Waals surface area (Å²) in [5.41, 5.74) is 0.804. The lowest BCUT2D eigenvalue weighted by Crippen LogP contribution is -2.40. The lowest BCUT2D eigenvalue weighted by Gasteiger charge is -2.40. The normalized spacial score (nSPS) is 31.6. The van der Waals surface area contributed by atoms with Crippen LogP contribution in [0.4, 0.5) is 4.39 Å². The predicted molar refractivity (Wildman–Crippen MR) is 81.0 cm³/mol. The van der Waals surface area contributed by atoms with E-state index in [2.05, 4.69) is 12.2 Å². The minimum absolute atomic E-state index is 0.0844. The highest BCUT2D eigenvalue weighted by Crippen LogP contribution is 2.40. The largest absolute Gasteiger partial charge is 0.307 e. The number of nitrogens with one attached hydrogen (secondary N) is 1. The molecule has 1 aromatic carbocycles. The zero-order valence-electron chi connectivity index (χ0n) is 12.4. The number of halogens is 1. The summed E-state index contributed by atoms with van der Waals surface area (Å²) in [6.07, 6.45) is 9.63. The molecule has 2 heteroatoms. The second kappa shape index (κ2) is 6.26. The van der Waals surface area contributed by atoms with Crippen LogP contribution in [-0.4, -0.2) is 6.04 Å². The Morgan fingerprint density at radius 3 is 2.60 bits per heavy atom. The summed E-state index contributed by atoms with van der Waals surface area (Å²) in [5, 5.41) is 3.67. The highest BCUT2D eigenvalue weighted by atomic mass is 19.1. The molecule has 0 saturated heterocycles. The van der Waals surface area contributed by atoms with E-state index in [0.717, 1.165) is 17.4 Å². The van der Waals surface area contributed by atoms with Gasteiger partial charge in [0.05, 0.1) is 0 Å². The molecule has 3 unspecified atom stereocenters. The average Bonchev–Trinajstić information content (AvgIpc) is 2.47. The molecule has 0 spiro atoms. The Bertz CT molecular complexity index is 445. The molecule has 2 saturated carbocycles. The minimum atomic E-state index is -0.0844. The summed E-state index contributed by atoms with van der Waals surface area (Å²) >= 11 is 0. The maximum absolute atomic E-state index is 13.8. The number of hydrogen-bond donors (Lipinski definition) is 1. The topological polar surface area (TPSA) is 12.0 Å². The predicted octanol–water partition coefficient (Wildman–Crippen LogP) is 4.84. The van der Waals surface area contributed by atoms with Crippen molar-refractivity contribution in [3.05, 3.63) is 35.6 Å². The van der Waals surface area contributed by atoms with Crippen LogP contribution in [0.5, 0.6) is 0 Å². The van der Waals surface area contributed by atoms with E-state index in [0.29, 0.717) is 6.04 Å². The van der Waals surface area contributed by atoms with Gasteiger partial charge in [-0.05, 0) is 44.1 Å². The Labute approximate surface area is 122 Å². The molecule has 0 radical (unpaired) electrons. The number of rotatable bonds is 3. The first-order valence-electron chi connectivity index (χ1n) is 8.24. The van der Waals surface area contributed by atoms with Gasteiger partial charge in [-0.15, -0.1) is 0 Å². The molecule has 0 aromatic heterocycles. The zero-order chi connectivity index (χ0) is 13.9. The Kier molecular flexibility index (Phi) is 4.40. The van der Waals surface area contributed by atoms with Crippen LogP contribution in [0.15, 0.2) is 24.3 Å². The van der Waals surface area contributed by atoms with E-state index in [1.165, 1.54) is 44.9 Å². The summed E-state index contributed by atoms with van der Waals surface area (Å²) in [6, 6.07) is 7.84. The van der Waals surface area contributed by atoms with Crippen LogP contribution in [0.3, 0.4) is 0 Å². The van der Waals surface area contributed by atoms with E-state index in [1.54, 1.807) is 12.1 Å². The minimum Gasteiger partial charge on any atom is -0.307 e. The molecule has 0 bridgehead atoms. The van der Waals surface area contributed by atoms with Gasteiger partial charge in [0, 0.05) is 17.6 Å². The number of hydrogen-bond acceptors (Lipinski definition) is 1. The lowest BCUT2D eigenvalue weighted by molar-refractivity contribution is 0.139. The van der Waals surface area contributed by atoms with Crippen molar-refractivity contribution in [2.75, 3.05) is 0 Å². The molecule has 1 aromatic rings. The fourth-order valence-corrected chi connectivity index (χ4v) is 4.29. The summed E-state index contributed by atoms with van der Waals surface area (Å²) in [5.74, 6) is 1.81. The van der Waals surface area contributed by atoms with Gasteiger partial charge in [-0.3, -0.25) is 0 Å². The maximum Gasteiger partial charge on any atom is 0.127 e. The van der Waals surface area contributed by atoms with Crippen LogP contribution in [0, 0.1) is 17.7 Å². The van der Waals surface area contributed by atoms with Gasteiger partial charge < -0.3 is 5.32 Å². The first-order valence-corrected chi connectivity index (χ1v) is 8.24. The average molecular weight is 275 g/mol. The third-order valence-corrected chi connectivity index (χ3v) is 5.40. The van der Waals surface area contributed by atoms with Crippen molar-refractivity contribution >= 4 is 0 Å². The zero-order valence-corrected chi connectivity index (χ0v) is 12.4. The van der Waals surface area contributed by atoms with Crippen molar-refractivity contribution in [3.8, 4) is 0 Å². The van der Waals surface area contributed by atoms with Crippen LogP contribution in [0.25, 0.3) is 0 Å². The fourth-order valence-electron chi connectivity index (χ4n) is 4.29. The molecular formula is C18H26FN. The lowest BCUT2D eigenvalue weighted by atomic mass is 9.69. The third-order valence-electron chi connectivity index (χ3n) is 5.40. The van der Waals surface area contributed by atoms with E-state index in [4.69, 9.17) is 0 Å². The van der Waals surface area contributed by atoms with E-state index in [1.807, 2.05) is 12.1 Å². The summed E-state index contributed by atoms with van der Waals surface area (Å²) in [4.78, 5) is 0. The molecule has 0 heterocycles.